The maximum atomic E-state index is 12.8. The van der Waals surface area contributed by atoms with E-state index in [9.17, 15) is 9.90 Å². The van der Waals surface area contributed by atoms with Crippen LogP contribution in [0.5, 0.6) is 0 Å². The van der Waals surface area contributed by atoms with Crippen molar-refractivity contribution in [1.29, 1.82) is 0 Å². The molecule has 1 aromatic heterocycles. The van der Waals surface area contributed by atoms with Gasteiger partial charge in [-0.05, 0) is 22.6 Å². The van der Waals surface area contributed by atoms with Gasteiger partial charge in [0.15, 0.2) is 5.60 Å². The van der Waals surface area contributed by atoms with Crippen LogP contribution in [-0.2, 0) is 10.4 Å². The van der Waals surface area contributed by atoms with Crippen LogP contribution < -0.4 is 5.32 Å². The predicted molar refractivity (Wildman–Crippen MR) is 88.8 cm³/mol. The highest BCUT2D eigenvalue weighted by molar-refractivity contribution is 7.08. The summed E-state index contributed by atoms with van der Waals surface area (Å²) in [6.45, 7) is 0. The summed E-state index contributed by atoms with van der Waals surface area (Å²) in [4.78, 5) is 12.8. The van der Waals surface area contributed by atoms with Crippen molar-refractivity contribution in [2.45, 2.75) is 5.60 Å². The van der Waals surface area contributed by atoms with E-state index < -0.39 is 11.5 Å². The summed E-state index contributed by atoms with van der Waals surface area (Å²) in [6, 6.07) is 19.7. The number of carbonyl (C=O) groups excluding carboxylic acids is 1. The number of anilines is 1. The van der Waals surface area contributed by atoms with E-state index in [-0.39, 0.29) is 0 Å². The molecule has 0 atom stereocenters. The molecule has 0 spiro atoms. The molecule has 0 saturated heterocycles. The van der Waals surface area contributed by atoms with Crippen LogP contribution in [0, 0.1) is 0 Å². The maximum Gasteiger partial charge on any atom is 0.265 e. The van der Waals surface area contributed by atoms with Gasteiger partial charge in [-0.1, -0.05) is 60.7 Å². The maximum absolute atomic E-state index is 12.8. The smallest absolute Gasteiger partial charge is 0.265 e. The summed E-state index contributed by atoms with van der Waals surface area (Å²) in [5.74, 6) is -0.469. The third kappa shape index (κ3) is 2.66. The number of amides is 1. The van der Waals surface area contributed by atoms with Crippen LogP contribution in [0.1, 0.15) is 11.1 Å². The Balaban J connectivity index is 2.05. The Bertz CT molecular complexity index is 700. The SMILES string of the molecule is O=C(Nc1ccsc1)C(O)(c1ccccc1)c1ccccc1. The molecule has 4 heteroatoms. The molecule has 0 fully saturated rings. The molecular formula is C18H15NO2S. The number of rotatable bonds is 4. The summed E-state index contributed by atoms with van der Waals surface area (Å²) in [7, 11) is 0. The lowest BCUT2D eigenvalue weighted by atomic mass is 9.85. The number of hydrogen-bond acceptors (Lipinski definition) is 3. The van der Waals surface area contributed by atoms with Crippen molar-refractivity contribution < 1.29 is 9.90 Å². The summed E-state index contributed by atoms with van der Waals surface area (Å²) >= 11 is 1.49. The van der Waals surface area contributed by atoms with Gasteiger partial charge in [-0.2, -0.15) is 11.3 Å². The third-order valence-electron chi connectivity index (χ3n) is 3.49. The minimum Gasteiger partial charge on any atom is -0.372 e. The molecule has 2 N–H and O–H groups in total. The van der Waals surface area contributed by atoms with Gasteiger partial charge in [0.1, 0.15) is 0 Å². The van der Waals surface area contributed by atoms with E-state index in [1.807, 2.05) is 22.9 Å². The van der Waals surface area contributed by atoms with Crippen molar-refractivity contribution in [1.82, 2.24) is 0 Å². The monoisotopic (exact) mass is 309 g/mol. The molecule has 0 saturated carbocycles. The predicted octanol–water partition coefficient (Wildman–Crippen LogP) is 3.62. The molecular weight excluding hydrogens is 294 g/mol. The van der Waals surface area contributed by atoms with Gasteiger partial charge in [0, 0.05) is 5.38 Å². The molecule has 2 aromatic carbocycles. The Hall–Kier alpha value is -2.43. The first-order valence-corrected chi connectivity index (χ1v) is 7.82. The van der Waals surface area contributed by atoms with Crippen LogP contribution in [0.4, 0.5) is 5.69 Å². The van der Waals surface area contributed by atoms with Crippen molar-refractivity contribution in [2.24, 2.45) is 0 Å². The van der Waals surface area contributed by atoms with Crippen molar-refractivity contribution in [3.63, 3.8) is 0 Å². The summed E-state index contributed by atoms with van der Waals surface area (Å²) in [6.07, 6.45) is 0. The van der Waals surface area contributed by atoms with Crippen LogP contribution in [0.2, 0.25) is 0 Å². The number of benzene rings is 2. The van der Waals surface area contributed by atoms with Crippen molar-refractivity contribution >= 4 is 22.9 Å². The standard InChI is InChI=1S/C18H15NO2S/c20-17(19-16-11-12-22-13-16)18(21,14-7-3-1-4-8-14)15-9-5-2-6-10-15/h1-13,21H,(H,19,20). The van der Waals surface area contributed by atoms with E-state index in [2.05, 4.69) is 5.32 Å². The fraction of sp³-hybridized carbons (Fsp3) is 0.0556. The van der Waals surface area contributed by atoms with Gasteiger partial charge in [0.25, 0.3) is 5.91 Å². The second kappa shape index (κ2) is 6.13. The van der Waals surface area contributed by atoms with Crippen LogP contribution in [0.15, 0.2) is 77.5 Å². The zero-order chi connectivity index (χ0) is 15.4. The van der Waals surface area contributed by atoms with Crippen LogP contribution >= 0.6 is 11.3 Å². The normalized spacial score (nSPS) is 11.1. The largest absolute Gasteiger partial charge is 0.372 e. The number of aliphatic hydroxyl groups is 1. The first-order chi connectivity index (χ1) is 10.7. The highest BCUT2D eigenvalue weighted by Crippen LogP contribution is 2.31. The van der Waals surface area contributed by atoms with Gasteiger partial charge in [-0.15, -0.1) is 0 Å². The number of nitrogens with one attached hydrogen (secondary N) is 1. The van der Waals surface area contributed by atoms with Gasteiger partial charge < -0.3 is 10.4 Å². The molecule has 0 bridgehead atoms. The fourth-order valence-corrected chi connectivity index (χ4v) is 2.93. The quantitative estimate of drug-likeness (QED) is 0.773. The third-order valence-corrected chi connectivity index (χ3v) is 4.17. The molecule has 1 amide bonds. The Labute approximate surface area is 132 Å². The van der Waals surface area contributed by atoms with Gasteiger partial charge in [-0.25, -0.2) is 0 Å². The van der Waals surface area contributed by atoms with E-state index >= 15 is 0 Å². The highest BCUT2D eigenvalue weighted by atomic mass is 32.1. The highest BCUT2D eigenvalue weighted by Gasteiger charge is 2.39. The lowest BCUT2D eigenvalue weighted by Crippen LogP contribution is -2.41. The molecule has 0 radical (unpaired) electrons. The van der Waals surface area contributed by atoms with Gasteiger partial charge in [0.2, 0.25) is 0 Å². The first kappa shape index (κ1) is 14.5. The summed E-state index contributed by atoms with van der Waals surface area (Å²) in [5, 5.41) is 17.7. The lowest BCUT2D eigenvalue weighted by molar-refractivity contribution is -0.131. The second-order valence-corrected chi connectivity index (χ2v) is 5.69. The van der Waals surface area contributed by atoms with E-state index in [0.29, 0.717) is 16.8 Å². The minimum absolute atomic E-state index is 0.469. The molecule has 0 aliphatic carbocycles. The first-order valence-electron chi connectivity index (χ1n) is 6.88. The Kier molecular flexibility index (Phi) is 4.04. The van der Waals surface area contributed by atoms with Crippen LogP contribution in [0.25, 0.3) is 0 Å². The van der Waals surface area contributed by atoms with Crippen molar-refractivity contribution in [2.75, 3.05) is 5.32 Å². The number of carbonyl (C=O) groups is 1. The molecule has 0 unspecified atom stereocenters. The lowest BCUT2D eigenvalue weighted by Gasteiger charge is -2.27. The number of thiophene rings is 1. The molecule has 110 valence electrons. The van der Waals surface area contributed by atoms with Gasteiger partial charge in [-0.3, -0.25) is 4.79 Å². The zero-order valence-corrected chi connectivity index (χ0v) is 12.6. The number of hydrogen-bond donors (Lipinski definition) is 2. The Morgan fingerprint density at radius 1 is 0.909 bits per heavy atom. The minimum atomic E-state index is -1.73. The molecule has 3 nitrogen and oxygen atoms in total. The van der Waals surface area contributed by atoms with Crippen molar-refractivity contribution in [3.8, 4) is 0 Å². The summed E-state index contributed by atoms with van der Waals surface area (Å²) < 4.78 is 0. The second-order valence-electron chi connectivity index (χ2n) is 4.91. The zero-order valence-electron chi connectivity index (χ0n) is 11.8. The average Bonchev–Trinajstić information content (AvgIpc) is 3.08. The Morgan fingerprint density at radius 2 is 1.45 bits per heavy atom. The summed E-state index contributed by atoms with van der Waals surface area (Å²) in [5.41, 5.74) is 0.0212. The fourth-order valence-electron chi connectivity index (χ4n) is 2.34. The van der Waals surface area contributed by atoms with Gasteiger partial charge in [0.05, 0.1) is 5.69 Å². The molecule has 1 heterocycles. The van der Waals surface area contributed by atoms with Crippen LogP contribution in [0.3, 0.4) is 0 Å². The van der Waals surface area contributed by atoms with Gasteiger partial charge >= 0.3 is 0 Å². The molecule has 0 aliphatic rings. The van der Waals surface area contributed by atoms with E-state index in [1.165, 1.54) is 11.3 Å². The van der Waals surface area contributed by atoms with E-state index in [4.69, 9.17) is 0 Å². The molecule has 3 rings (SSSR count). The Morgan fingerprint density at radius 3 is 1.91 bits per heavy atom. The van der Waals surface area contributed by atoms with E-state index in [0.717, 1.165) is 0 Å². The molecule has 3 aromatic rings. The van der Waals surface area contributed by atoms with Crippen LogP contribution in [-0.4, -0.2) is 11.0 Å². The topological polar surface area (TPSA) is 49.3 Å². The average molecular weight is 309 g/mol. The van der Waals surface area contributed by atoms with Crippen molar-refractivity contribution in [3.05, 3.63) is 88.6 Å². The molecule has 22 heavy (non-hydrogen) atoms. The van der Waals surface area contributed by atoms with E-state index in [1.54, 1.807) is 54.6 Å². The molecule has 0 aliphatic heterocycles.